The highest BCUT2D eigenvalue weighted by molar-refractivity contribution is 6.29. The van der Waals surface area contributed by atoms with Crippen molar-refractivity contribution in [2.75, 3.05) is 5.32 Å². The summed E-state index contributed by atoms with van der Waals surface area (Å²) in [6.45, 7) is 0. The molecule has 3 aromatic heterocycles. The molecule has 9 heteroatoms. The fourth-order valence-corrected chi connectivity index (χ4v) is 5.28. The number of fused-ring (bicyclic) bond motifs is 1. The van der Waals surface area contributed by atoms with E-state index in [2.05, 4.69) is 20.3 Å². The number of carbonyl (C=O) groups excluding carboxylic acids is 2. The van der Waals surface area contributed by atoms with Crippen molar-refractivity contribution in [3.8, 4) is 11.1 Å². The minimum atomic E-state index is -0.458. The molecule has 1 atom stereocenters. The molecule has 1 aliphatic carbocycles. The van der Waals surface area contributed by atoms with Crippen molar-refractivity contribution in [3.63, 3.8) is 0 Å². The molecule has 5 rings (SSSR count). The number of hydrogen-bond donors (Lipinski definition) is 3. The van der Waals surface area contributed by atoms with Gasteiger partial charge < -0.3 is 20.9 Å². The lowest BCUT2D eigenvalue weighted by Gasteiger charge is -2.37. The number of H-pyrrole nitrogens is 1. The number of pyridine rings is 2. The summed E-state index contributed by atoms with van der Waals surface area (Å²) in [6.07, 6.45) is 8.03. The molecule has 0 unspecified atom stereocenters. The number of hydrogen-bond acceptors (Lipinski definition) is 5. The molecule has 4 heterocycles. The number of nitrogens with one attached hydrogen (secondary N) is 2. The molecule has 8 nitrogen and oxygen atoms in total. The first-order valence-corrected chi connectivity index (χ1v) is 11.3. The number of amides is 2. The molecular weight excluding hydrogens is 428 g/mol. The second kappa shape index (κ2) is 8.43. The first-order chi connectivity index (χ1) is 15.5. The van der Waals surface area contributed by atoms with E-state index in [9.17, 15) is 9.59 Å². The average molecular weight is 453 g/mol. The number of aromatic amines is 1. The zero-order chi connectivity index (χ0) is 22.2. The highest BCUT2D eigenvalue weighted by Crippen LogP contribution is 2.33. The van der Waals surface area contributed by atoms with Gasteiger partial charge in [0.2, 0.25) is 11.8 Å². The Morgan fingerprint density at radius 3 is 2.81 bits per heavy atom. The SMILES string of the molecule is NC(=O)[C@@H]1CCC(=O)N1[C@H]1CC[C@H](Nc2cc(-c3c[nH]c4ncccc34)cc(Cl)n2)CC1. The lowest BCUT2D eigenvalue weighted by atomic mass is 9.89. The van der Waals surface area contributed by atoms with Crippen molar-refractivity contribution < 1.29 is 9.59 Å². The van der Waals surface area contributed by atoms with E-state index in [0.717, 1.165) is 53.7 Å². The Bertz CT molecular complexity index is 1170. The predicted molar refractivity (Wildman–Crippen MR) is 123 cm³/mol. The van der Waals surface area contributed by atoms with E-state index in [-0.39, 0.29) is 18.0 Å². The molecule has 0 spiro atoms. The lowest BCUT2D eigenvalue weighted by molar-refractivity contribution is -0.137. The van der Waals surface area contributed by atoms with Crippen LogP contribution in [0.3, 0.4) is 0 Å². The van der Waals surface area contributed by atoms with E-state index >= 15 is 0 Å². The maximum Gasteiger partial charge on any atom is 0.240 e. The molecule has 0 aromatic carbocycles. The van der Waals surface area contributed by atoms with E-state index in [1.54, 1.807) is 11.1 Å². The van der Waals surface area contributed by atoms with Gasteiger partial charge in [-0.25, -0.2) is 9.97 Å². The zero-order valence-corrected chi connectivity index (χ0v) is 18.3. The van der Waals surface area contributed by atoms with Gasteiger partial charge in [0.25, 0.3) is 0 Å². The van der Waals surface area contributed by atoms with Crippen molar-refractivity contribution in [1.82, 2.24) is 19.9 Å². The summed E-state index contributed by atoms with van der Waals surface area (Å²) in [5.74, 6) is 0.361. The van der Waals surface area contributed by atoms with Crippen molar-refractivity contribution in [1.29, 1.82) is 0 Å². The molecular formula is C23H25ClN6O2. The Balaban J connectivity index is 1.29. The molecule has 2 amide bonds. The standard InChI is InChI=1S/C23H25ClN6O2/c24-19-10-13(17-12-27-23-16(17)2-1-9-26-23)11-20(29-19)28-14-3-5-15(6-4-14)30-18(22(25)32)7-8-21(30)31/h1-2,9-12,14-15,18H,3-8H2,(H2,25,32)(H,26,27)(H,28,29)/t14-,15-,18-/m0/s1. The third-order valence-electron chi connectivity index (χ3n) is 6.58. The Morgan fingerprint density at radius 1 is 1.22 bits per heavy atom. The van der Waals surface area contributed by atoms with Gasteiger partial charge in [-0.2, -0.15) is 0 Å². The van der Waals surface area contributed by atoms with Crippen LogP contribution < -0.4 is 11.1 Å². The summed E-state index contributed by atoms with van der Waals surface area (Å²) in [6, 6.07) is 7.62. The average Bonchev–Trinajstić information content (AvgIpc) is 3.38. The third-order valence-corrected chi connectivity index (χ3v) is 6.78. The Morgan fingerprint density at radius 2 is 2.03 bits per heavy atom. The van der Waals surface area contributed by atoms with Crippen LogP contribution >= 0.6 is 11.6 Å². The second-order valence-corrected chi connectivity index (χ2v) is 8.96. The number of carbonyl (C=O) groups is 2. The highest BCUT2D eigenvalue weighted by Gasteiger charge is 2.40. The number of rotatable bonds is 5. The van der Waals surface area contributed by atoms with Crippen LogP contribution in [0.2, 0.25) is 5.15 Å². The van der Waals surface area contributed by atoms with Crippen LogP contribution in [0.25, 0.3) is 22.2 Å². The van der Waals surface area contributed by atoms with Crippen molar-refractivity contribution >= 4 is 40.3 Å². The molecule has 166 valence electrons. The summed E-state index contributed by atoms with van der Waals surface area (Å²) in [7, 11) is 0. The molecule has 3 aromatic rings. The van der Waals surface area contributed by atoms with E-state index in [4.69, 9.17) is 17.3 Å². The number of likely N-dealkylation sites (tertiary alicyclic amines) is 1. The van der Waals surface area contributed by atoms with Gasteiger partial charge in [-0.15, -0.1) is 0 Å². The lowest BCUT2D eigenvalue weighted by Crippen LogP contribution is -2.49. The summed E-state index contributed by atoms with van der Waals surface area (Å²) < 4.78 is 0. The maximum atomic E-state index is 12.3. The van der Waals surface area contributed by atoms with E-state index in [1.165, 1.54) is 0 Å². The molecule has 1 saturated carbocycles. The van der Waals surface area contributed by atoms with E-state index in [1.807, 2.05) is 30.5 Å². The largest absolute Gasteiger partial charge is 0.368 e. The van der Waals surface area contributed by atoms with Crippen LogP contribution in [0.4, 0.5) is 5.82 Å². The van der Waals surface area contributed by atoms with Gasteiger partial charge in [-0.05, 0) is 61.9 Å². The van der Waals surface area contributed by atoms with Crippen LogP contribution in [-0.4, -0.2) is 49.8 Å². The summed E-state index contributed by atoms with van der Waals surface area (Å²) in [5.41, 5.74) is 8.33. The molecule has 2 fully saturated rings. The highest BCUT2D eigenvalue weighted by atomic mass is 35.5. The number of halogens is 1. The molecule has 4 N–H and O–H groups in total. The van der Waals surface area contributed by atoms with Crippen LogP contribution in [0.1, 0.15) is 38.5 Å². The minimum absolute atomic E-state index is 0.0413. The molecule has 0 radical (unpaired) electrons. The predicted octanol–water partition coefficient (Wildman–Crippen LogP) is 3.48. The first kappa shape index (κ1) is 20.8. The smallest absolute Gasteiger partial charge is 0.240 e. The Kier molecular flexibility index (Phi) is 5.46. The number of primary amides is 1. The van der Waals surface area contributed by atoms with E-state index in [0.29, 0.717) is 18.0 Å². The Labute approximate surface area is 190 Å². The topological polar surface area (TPSA) is 117 Å². The quantitative estimate of drug-likeness (QED) is 0.512. The molecule has 1 aliphatic heterocycles. The Hall–Kier alpha value is -3.13. The maximum absolute atomic E-state index is 12.3. The van der Waals surface area contributed by atoms with Gasteiger partial charge in [0.15, 0.2) is 0 Å². The number of anilines is 1. The third kappa shape index (κ3) is 3.90. The van der Waals surface area contributed by atoms with Gasteiger partial charge in [0.1, 0.15) is 22.7 Å². The van der Waals surface area contributed by atoms with Gasteiger partial charge in [-0.3, -0.25) is 9.59 Å². The van der Waals surface area contributed by atoms with Crippen LogP contribution in [0.15, 0.2) is 36.7 Å². The number of nitrogens with two attached hydrogens (primary N) is 1. The fourth-order valence-electron chi connectivity index (χ4n) is 5.07. The van der Waals surface area contributed by atoms with Gasteiger partial charge in [0.05, 0.1) is 0 Å². The molecule has 1 saturated heterocycles. The summed E-state index contributed by atoms with van der Waals surface area (Å²) >= 11 is 6.34. The molecule has 2 aliphatic rings. The fraction of sp³-hybridized carbons (Fsp3) is 0.391. The van der Waals surface area contributed by atoms with Crippen molar-refractivity contribution in [2.45, 2.75) is 56.7 Å². The minimum Gasteiger partial charge on any atom is -0.368 e. The number of nitrogens with zero attached hydrogens (tertiary/aromatic N) is 3. The van der Waals surface area contributed by atoms with Gasteiger partial charge in [-0.1, -0.05) is 11.6 Å². The summed E-state index contributed by atoms with van der Waals surface area (Å²) in [4.78, 5) is 37.8. The van der Waals surface area contributed by atoms with Crippen LogP contribution in [-0.2, 0) is 9.59 Å². The normalized spacial score (nSPS) is 23.6. The van der Waals surface area contributed by atoms with Crippen molar-refractivity contribution in [3.05, 3.63) is 41.8 Å². The zero-order valence-electron chi connectivity index (χ0n) is 17.6. The van der Waals surface area contributed by atoms with Crippen LogP contribution in [0.5, 0.6) is 0 Å². The monoisotopic (exact) mass is 452 g/mol. The van der Waals surface area contributed by atoms with Crippen molar-refractivity contribution in [2.24, 2.45) is 5.73 Å². The first-order valence-electron chi connectivity index (χ1n) is 11.0. The van der Waals surface area contributed by atoms with E-state index < -0.39 is 11.9 Å². The van der Waals surface area contributed by atoms with Crippen LogP contribution in [0, 0.1) is 0 Å². The van der Waals surface area contributed by atoms with Gasteiger partial charge in [0, 0.05) is 41.8 Å². The molecule has 0 bridgehead atoms. The molecule has 32 heavy (non-hydrogen) atoms. The number of aromatic nitrogens is 3. The summed E-state index contributed by atoms with van der Waals surface area (Å²) in [5, 5.41) is 4.96. The second-order valence-electron chi connectivity index (χ2n) is 8.57. The van der Waals surface area contributed by atoms with Gasteiger partial charge >= 0.3 is 0 Å².